The molecular formula is C5H6N2OP+. The van der Waals surface area contributed by atoms with Crippen LogP contribution in [0.15, 0.2) is 18.5 Å². The topological polar surface area (TPSA) is 42.9 Å². The van der Waals surface area contributed by atoms with Crippen LogP contribution >= 0.6 is 8.46 Å². The third-order valence-electron chi connectivity index (χ3n) is 0.850. The van der Waals surface area contributed by atoms with Crippen molar-refractivity contribution in [3.05, 3.63) is 24.3 Å². The average Bonchev–Trinajstić information content (AvgIpc) is 1.91. The van der Waals surface area contributed by atoms with E-state index < -0.39 is 0 Å². The van der Waals surface area contributed by atoms with E-state index in [0.29, 0.717) is 12.0 Å². The summed E-state index contributed by atoms with van der Waals surface area (Å²) in [5.74, 6) is 0.644. The van der Waals surface area contributed by atoms with E-state index in [2.05, 4.69) is 9.97 Å². The summed E-state index contributed by atoms with van der Waals surface area (Å²) in [6.45, 7) is 0. The number of hydrogen-bond acceptors (Lipinski definition) is 3. The molecule has 1 unspecified atom stereocenters. The van der Waals surface area contributed by atoms with Gasteiger partial charge in [-0.25, -0.2) is 9.97 Å². The Morgan fingerprint density at radius 2 is 2.11 bits per heavy atom. The predicted octanol–water partition coefficient (Wildman–Crippen LogP) is 1.00. The molecule has 46 valence electrons. The summed E-state index contributed by atoms with van der Waals surface area (Å²) in [6, 6.07) is 1.73. The van der Waals surface area contributed by atoms with Gasteiger partial charge in [0.05, 0.1) is 0 Å². The summed E-state index contributed by atoms with van der Waals surface area (Å²) in [5.41, 5.74) is 0. The molecule has 0 aliphatic rings. The molecule has 1 heterocycles. The Kier molecular flexibility index (Phi) is 2.28. The summed E-state index contributed by atoms with van der Waals surface area (Å²) in [4.78, 5) is 7.73. The van der Waals surface area contributed by atoms with Crippen LogP contribution in [0, 0.1) is 0 Å². The van der Waals surface area contributed by atoms with Gasteiger partial charge in [0.15, 0.2) is 5.82 Å². The fourth-order valence-corrected chi connectivity index (χ4v) is 0.797. The van der Waals surface area contributed by atoms with Gasteiger partial charge in [-0.15, -0.1) is 0 Å². The van der Waals surface area contributed by atoms with Crippen LogP contribution in [-0.4, -0.2) is 9.97 Å². The monoisotopic (exact) mass is 141 g/mol. The number of nitrogens with zero attached hydrogens (tertiary/aromatic N) is 2. The molecule has 0 aliphatic heterocycles. The van der Waals surface area contributed by atoms with Crippen LogP contribution in [0.5, 0.6) is 0 Å². The smallest absolute Gasteiger partial charge is 0.237 e. The lowest BCUT2D eigenvalue weighted by Crippen LogP contribution is -1.86. The molecule has 0 bridgehead atoms. The second-order valence-electron chi connectivity index (χ2n) is 1.49. The third-order valence-corrected chi connectivity index (χ3v) is 1.31. The van der Waals surface area contributed by atoms with Gasteiger partial charge >= 0.3 is 8.46 Å². The number of rotatable bonds is 2. The molecule has 0 aromatic carbocycles. The van der Waals surface area contributed by atoms with Crippen LogP contribution in [0.1, 0.15) is 5.82 Å². The Morgan fingerprint density at radius 1 is 1.44 bits per heavy atom. The summed E-state index contributed by atoms with van der Waals surface area (Å²) in [5, 5.41) is 0. The van der Waals surface area contributed by atoms with Gasteiger partial charge < -0.3 is 0 Å². The summed E-state index contributed by atoms with van der Waals surface area (Å²) < 4.78 is 10.0. The van der Waals surface area contributed by atoms with Gasteiger partial charge in [-0.1, -0.05) is 4.57 Å². The van der Waals surface area contributed by atoms with E-state index in [0.717, 1.165) is 0 Å². The van der Waals surface area contributed by atoms with Crippen molar-refractivity contribution in [1.29, 1.82) is 0 Å². The Hall–Kier alpha value is -0.820. The normalized spacial score (nSPS) is 9.78. The molecule has 0 saturated heterocycles. The van der Waals surface area contributed by atoms with Crippen LogP contribution in [0.3, 0.4) is 0 Å². The highest BCUT2D eigenvalue weighted by molar-refractivity contribution is 7.22. The quantitative estimate of drug-likeness (QED) is 0.577. The first-order chi connectivity index (χ1) is 4.43. The molecule has 1 rings (SSSR count). The highest BCUT2D eigenvalue weighted by atomic mass is 31.1. The fourth-order valence-electron chi connectivity index (χ4n) is 0.486. The molecule has 1 aromatic heterocycles. The van der Waals surface area contributed by atoms with Crippen LogP contribution in [0.2, 0.25) is 0 Å². The largest absolute Gasteiger partial charge is 0.332 e. The molecule has 0 aliphatic carbocycles. The average molecular weight is 141 g/mol. The first-order valence-corrected chi connectivity index (χ1v) is 3.66. The lowest BCUT2D eigenvalue weighted by molar-refractivity contribution is 0.597. The second kappa shape index (κ2) is 3.25. The molecule has 4 heteroatoms. The molecule has 0 radical (unpaired) electrons. The zero-order chi connectivity index (χ0) is 6.53. The van der Waals surface area contributed by atoms with Gasteiger partial charge in [-0.2, -0.15) is 0 Å². The molecule has 3 nitrogen and oxygen atoms in total. The maximum absolute atomic E-state index is 10.0. The zero-order valence-corrected chi connectivity index (χ0v) is 5.74. The summed E-state index contributed by atoms with van der Waals surface area (Å²) >= 11 is 0. The van der Waals surface area contributed by atoms with Gasteiger partial charge in [0.2, 0.25) is 6.16 Å². The maximum Gasteiger partial charge on any atom is 0.332 e. The minimum absolute atomic E-state index is 0.340. The van der Waals surface area contributed by atoms with Crippen LogP contribution in [-0.2, 0) is 10.7 Å². The van der Waals surface area contributed by atoms with Crippen molar-refractivity contribution in [2.75, 3.05) is 0 Å². The second-order valence-corrected chi connectivity index (χ2v) is 2.13. The highest BCUT2D eigenvalue weighted by Crippen LogP contribution is 2.00. The lowest BCUT2D eigenvalue weighted by atomic mass is 10.6. The summed E-state index contributed by atoms with van der Waals surface area (Å²) in [6.07, 6.45) is 3.74. The first-order valence-electron chi connectivity index (χ1n) is 2.54. The van der Waals surface area contributed by atoms with Gasteiger partial charge in [0.1, 0.15) is 0 Å². The van der Waals surface area contributed by atoms with Gasteiger partial charge in [-0.3, -0.25) is 0 Å². The molecular weight excluding hydrogens is 135 g/mol. The SMILES string of the molecule is O=[PH+]Cc1ncccn1. The van der Waals surface area contributed by atoms with Crippen molar-refractivity contribution >= 4 is 8.46 Å². The zero-order valence-electron chi connectivity index (χ0n) is 4.74. The molecule has 0 amide bonds. The minimum Gasteiger partial charge on any atom is -0.237 e. The minimum atomic E-state index is -0.340. The van der Waals surface area contributed by atoms with E-state index in [1.165, 1.54) is 0 Å². The van der Waals surface area contributed by atoms with Crippen LogP contribution in [0.4, 0.5) is 0 Å². The Balaban J connectivity index is 2.72. The van der Waals surface area contributed by atoms with Crippen LogP contribution in [0.25, 0.3) is 0 Å². The van der Waals surface area contributed by atoms with Crippen molar-refractivity contribution in [3.63, 3.8) is 0 Å². The third kappa shape index (κ3) is 1.86. The van der Waals surface area contributed by atoms with Gasteiger partial charge in [-0.05, 0) is 6.07 Å². The van der Waals surface area contributed by atoms with Gasteiger partial charge in [0, 0.05) is 12.4 Å². The maximum atomic E-state index is 10.0. The Labute approximate surface area is 54.4 Å². The van der Waals surface area contributed by atoms with Crippen LogP contribution < -0.4 is 0 Å². The molecule has 0 N–H and O–H groups in total. The standard InChI is InChI=1S/C5H5N2OP/c8-9-4-5-6-2-1-3-7-5/h1-3H,4H2/p+1. The van der Waals surface area contributed by atoms with Gasteiger partial charge in [0.25, 0.3) is 0 Å². The molecule has 0 spiro atoms. The number of aromatic nitrogens is 2. The van der Waals surface area contributed by atoms with Crippen molar-refractivity contribution in [2.45, 2.75) is 6.16 Å². The van der Waals surface area contributed by atoms with Crippen molar-refractivity contribution in [1.82, 2.24) is 9.97 Å². The number of hydrogen-bond donors (Lipinski definition) is 0. The van der Waals surface area contributed by atoms with Crippen molar-refractivity contribution < 1.29 is 4.57 Å². The lowest BCUT2D eigenvalue weighted by Gasteiger charge is -1.83. The van der Waals surface area contributed by atoms with E-state index in [1.54, 1.807) is 18.5 Å². The van der Waals surface area contributed by atoms with Crippen molar-refractivity contribution in [3.8, 4) is 0 Å². The van der Waals surface area contributed by atoms with E-state index in [1.807, 2.05) is 0 Å². The fraction of sp³-hybridized carbons (Fsp3) is 0.200. The molecule has 1 atom stereocenters. The Bertz CT molecular complexity index is 189. The molecule has 0 saturated carbocycles. The Morgan fingerprint density at radius 3 is 2.67 bits per heavy atom. The molecule has 0 fully saturated rings. The van der Waals surface area contributed by atoms with E-state index >= 15 is 0 Å². The first kappa shape index (κ1) is 6.30. The molecule has 9 heavy (non-hydrogen) atoms. The highest BCUT2D eigenvalue weighted by Gasteiger charge is 1.96. The van der Waals surface area contributed by atoms with E-state index in [9.17, 15) is 4.57 Å². The molecule has 1 aromatic rings. The predicted molar refractivity (Wildman–Crippen MR) is 34.7 cm³/mol. The van der Waals surface area contributed by atoms with E-state index in [-0.39, 0.29) is 8.46 Å². The van der Waals surface area contributed by atoms with E-state index in [4.69, 9.17) is 0 Å². The van der Waals surface area contributed by atoms with Crippen molar-refractivity contribution in [2.24, 2.45) is 0 Å². The summed E-state index contributed by atoms with van der Waals surface area (Å²) in [7, 11) is -0.340.